The van der Waals surface area contributed by atoms with Gasteiger partial charge in [-0.25, -0.2) is 9.36 Å². The number of aryl methyl sites for hydroxylation is 3. The van der Waals surface area contributed by atoms with Crippen LogP contribution in [0.4, 0.5) is 0 Å². The van der Waals surface area contributed by atoms with Gasteiger partial charge in [-0.1, -0.05) is 0 Å². The van der Waals surface area contributed by atoms with Crippen molar-refractivity contribution in [1.82, 2.24) is 39.1 Å². The van der Waals surface area contributed by atoms with Crippen LogP contribution in [0.2, 0.25) is 0 Å². The smallest absolute Gasteiger partial charge is 0.272 e. The minimum Gasteiger partial charge on any atom is -0.335 e. The van der Waals surface area contributed by atoms with Gasteiger partial charge in [0.25, 0.3) is 11.5 Å². The first-order valence-corrected chi connectivity index (χ1v) is 10.0. The molecule has 10 nitrogen and oxygen atoms in total. The lowest BCUT2D eigenvalue weighted by Crippen LogP contribution is -2.50. The normalized spacial score (nSPS) is 15.0. The predicted octanol–water partition coefficient (Wildman–Crippen LogP) is 0.237. The maximum Gasteiger partial charge on any atom is 0.272 e. The number of hydrogen-bond acceptors (Lipinski definition) is 6. The van der Waals surface area contributed by atoms with Gasteiger partial charge in [-0.15, -0.1) is 5.10 Å². The first-order valence-electron chi connectivity index (χ1n) is 10.0. The molecule has 0 spiro atoms. The topological polar surface area (TPSA) is 94.1 Å². The van der Waals surface area contributed by atoms with E-state index >= 15 is 0 Å². The third-order valence-corrected chi connectivity index (χ3v) is 5.41. The first-order chi connectivity index (χ1) is 14.4. The number of nitrogens with zero attached hydrogens (tertiary/aromatic N) is 8. The highest BCUT2D eigenvalue weighted by atomic mass is 16.2. The van der Waals surface area contributed by atoms with Crippen molar-refractivity contribution in [3.05, 3.63) is 57.9 Å². The van der Waals surface area contributed by atoms with E-state index in [0.717, 1.165) is 24.5 Å². The molecule has 0 radical (unpaired) electrons. The van der Waals surface area contributed by atoms with E-state index in [4.69, 9.17) is 0 Å². The summed E-state index contributed by atoms with van der Waals surface area (Å²) < 4.78 is 4.83. The molecule has 158 valence electrons. The highest BCUT2D eigenvalue weighted by molar-refractivity contribution is 5.92. The fourth-order valence-electron chi connectivity index (χ4n) is 3.73. The van der Waals surface area contributed by atoms with E-state index in [-0.39, 0.29) is 11.5 Å². The number of rotatable bonds is 5. The van der Waals surface area contributed by atoms with Gasteiger partial charge in [-0.05, 0) is 32.0 Å². The van der Waals surface area contributed by atoms with Gasteiger partial charge in [0.1, 0.15) is 5.69 Å². The Morgan fingerprint density at radius 1 is 1.03 bits per heavy atom. The molecular formula is C20H26N8O2. The number of hydrogen-bond donors (Lipinski definition) is 0. The Hall–Kier alpha value is -3.27. The SMILES string of the molecule is Cc1cc(C)n(-c2ccc(=O)n(CCN3CCN(C(=O)c4ccnn4C)CC3)n2)n1. The Morgan fingerprint density at radius 2 is 1.80 bits per heavy atom. The zero-order valence-corrected chi connectivity index (χ0v) is 17.5. The molecule has 3 aromatic rings. The molecule has 0 atom stereocenters. The summed E-state index contributed by atoms with van der Waals surface area (Å²) in [6.45, 7) is 7.89. The molecule has 0 aliphatic carbocycles. The lowest BCUT2D eigenvalue weighted by Gasteiger charge is -2.34. The van der Waals surface area contributed by atoms with E-state index in [1.54, 1.807) is 34.7 Å². The van der Waals surface area contributed by atoms with Crippen LogP contribution in [0.5, 0.6) is 0 Å². The summed E-state index contributed by atoms with van der Waals surface area (Å²) in [7, 11) is 1.77. The molecule has 1 aliphatic rings. The number of carbonyl (C=O) groups is 1. The summed E-state index contributed by atoms with van der Waals surface area (Å²) in [5.74, 6) is 0.636. The second-order valence-corrected chi connectivity index (χ2v) is 7.57. The molecule has 0 aromatic carbocycles. The van der Waals surface area contributed by atoms with Gasteiger partial charge >= 0.3 is 0 Å². The Morgan fingerprint density at radius 3 is 2.43 bits per heavy atom. The van der Waals surface area contributed by atoms with Gasteiger partial charge in [0.15, 0.2) is 5.82 Å². The van der Waals surface area contributed by atoms with Gasteiger partial charge in [-0.2, -0.15) is 10.2 Å². The standard InChI is InChI=1S/C20H26N8O2/c1-15-14-16(2)28(22-15)18-4-5-19(29)27(23-18)13-10-25-8-11-26(12-9-25)20(30)17-6-7-21-24(17)3/h4-7,14H,8-13H2,1-3H3. The molecule has 0 bridgehead atoms. The van der Waals surface area contributed by atoms with Crippen molar-refractivity contribution in [2.24, 2.45) is 7.05 Å². The van der Waals surface area contributed by atoms with Gasteiger partial charge < -0.3 is 4.90 Å². The van der Waals surface area contributed by atoms with E-state index < -0.39 is 0 Å². The number of piperazine rings is 1. The second kappa shape index (κ2) is 8.23. The summed E-state index contributed by atoms with van der Waals surface area (Å²) in [6.07, 6.45) is 1.63. The quantitative estimate of drug-likeness (QED) is 0.598. The molecule has 0 unspecified atom stereocenters. The predicted molar refractivity (Wildman–Crippen MR) is 111 cm³/mol. The van der Waals surface area contributed by atoms with Crippen LogP contribution in [-0.2, 0) is 13.6 Å². The van der Waals surface area contributed by atoms with E-state index in [1.165, 1.54) is 10.7 Å². The lowest BCUT2D eigenvalue weighted by atomic mass is 10.2. The molecule has 4 rings (SSSR count). The summed E-state index contributed by atoms with van der Waals surface area (Å²) >= 11 is 0. The molecule has 1 saturated heterocycles. The molecule has 30 heavy (non-hydrogen) atoms. The maximum atomic E-state index is 12.6. The summed E-state index contributed by atoms with van der Waals surface area (Å²) in [5, 5.41) is 13.0. The highest BCUT2D eigenvalue weighted by Crippen LogP contribution is 2.09. The zero-order valence-electron chi connectivity index (χ0n) is 17.5. The Bertz CT molecular complexity index is 1100. The number of carbonyl (C=O) groups excluding carboxylic acids is 1. The number of aromatic nitrogens is 6. The molecule has 1 aliphatic heterocycles. The summed E-state index contributed by atoms with van der Waals surface area (Å²) in [4.78, 5) is 29.0. The van der Waals surface area contributed by atoms with E-state index in [9.17, 15) is 9.59 Å². The zero-order chi connectivity index (χ0) is 21.3. The van der Waals surface area contributed by atoms with Gasteiger partial charge in [0.2, 0.25) is 0 Å². The summed E-state index contributed by atoms with van der Waals surface area (Å²) in [5.41, 5.74) is 2.34. The van der Waals surface area contributed by atoms with Crippen molar-refractivity contribution in [2.45, 2.75) is 20.4 Å². The van der Waals surface area contributed by atoms with Crippen molar-refractivity contribution in [3.8, 4) is 5.82 Å². The monoisotopic (exact) mass is 410 g/mol. The van der Waals surface area contributed by atoms with Gasteiger partial charge in [0, 0.05) is 57.7 Å². The van der Waals surface area contributed by atoms with Crippen LogP contribution in [-0.4, -0.2) is 77.8 Å². The van der Waals surface area contributed by atoms with E-state index in [1.807, 2.05) is 24.8 Å². The molecule has 1 amide bonds. The van der Waals surface area contributed by atoms with Crippen molar-refractivity contribution in [3.63, 3.8) is 0 Å². The van der Waals surface area contributed by atoms with Crippen molar-refractivity contribution < 1.29 is 4.79 Å². The minimum absolute atomic E-state index is 0.00474. The first kappa shape index (κ1) is 20.0. The Kier molecular flexibility index (Phi) is 5.49. The Labute approximate surface area is 174 Å². The van der Waals surface area contributed by atoms with Gasteiger partial charge in [0.05, 0.1) is 12.2 Å². The van der Waals surface area contributed by atoms with Crippen LogP contribution in [0, 0.1) is 13.8 Å². The lowest BCUT2D eigenvalue weighted by molar-refractivity contribution is 0.0620. The second-order valence-electron chi connectivity index (χ2n) is 7.57. The van der Waals surface area contributed by atoms with Crippen LogP contribution in [0.3, 0.4) is 0 Å². The van der Waals surface area contributed by atoms with Crippen LogP contribution in [0.25, 0.3) is 5.82 Å². The minimum atomic E-state index is -0.134. The molecule has 10 heteroatoms. The summed E-state index contributed by atoms with van der Waals surface area (Å²) in [6, 6.07) is 6.94. The molecular weight excluding hydrogens is 384 g/mol. The fraction of sp³-hybridized carbons (Fsp3) is 0.450. The number of amides is 1. The van der Waals surface area contributed by atoms with E-state index in [0.29, 0.717) is 37.7 Å². The Balaban J connectivity index is 1.36. The molecule has 4 heterocycles. The van der Waals surface area contributed by atoms with Crippen molar-refractivity contribution in [1.29, 1.82) is 0 Å². The largest absolute Gasteiger partial charge is 0.335 e. The van der Waals surface area contributed by atoms with Crippen molar-refractivity contribution >= 4 is 5.91 Å². The molecule has 1 fully saturated rings. The third kappa shape index (κ3) is 4.04. The maximum absolute atomic E-state index is 12.6. The average molecular weight is 410 g/mol. The molecule has 3 aromatic heterocycles. The van der Waals surface area contributed by atoms with Crippen LogP contribution < -0.4 is 5.56 Å². The molecule has 0 saturated carbocycles. The van der Waals surface area contributed by atoms with Crippen molar-refractivity contribution in [2.75, 3.05) is 32.7 Å². The third-order valence-electron chi connectivity index (χ3n) is 5.41. The average Bonchev–Trinajstić information content (AvgIpc) is 3.31. The van der Waals surface area contributed by atoms with Crippen LogP contribution >= 0.6 is 0 Å². The van der Waals surface area contributed by atoms with Crippen LogP contribution in [0.15, 0.2) is 35.3 Å². The van der Waals surface area contributed by atoms with E-state index in [2.05, 4.69) is 20.2 Å². The highest BCUT2D eigenvalue weighted by Gasteiger charge is 2.23. The fourth-order valence-corrected chi connectivity index (χ4v) is 3.73. The van der Waals surface area contributed by atoms with Crippen LogP contribution in [0.1, 0.15) is 21.9 Å². The molecule has 0 N–H and O–H groups in total. The van der Waals surface area contributed by atoms with Gasteiger partial charge in [-0.3, -0.25) is 19.2 Å².